The van der Waals surface area contributed by atoms with E-state index in [0.29, 0.717) is 5.69 Å². The molecule has 2 aromatic rings. The minimum atomic E-state index is -4.52. The third-order valence-corrected chi connectivity index (χ3v) is 2.61. The van der Waals surface area contributed by atoms with Crippen LogP contribution in [-0.2, 0) is 12.7 Å². The van der Waals surface area contributed by atoms with Gasteiger partial charge in [0.15, 0.2) is 0 Å². The minimum absolute atomic E-state index is 0.0128. The van der Waals surface area contributed by atoms with Gasteiger partial charge in [-0.25, -0.2) is 9.78 Å². The van der Waals surface area contributed by atoms with Gasteiger partial charge in [-0.05, 0) is 24.3 Å². The van der Waals surface area contributed by atoms with Crippen LogP contribution in [0.1, 0.15) is 21.6 Å². The number of nitrogens with one attached hydrogen (secondary N) is 1. The number of carboxylic acids is 1. The van der Waals surface area contributed by atoms with Crippen molar-refractivity contribution in [1.82, 2.24) is 9.97 Å². The number of hydrogen-bond donors (Lipinski definition) is 2. The van der Waals surface area contributed by atoms with Crippen LogP contribution >= 0.6 is 0 Å². The van der Waals surface area contributed by atoms with E-state index in [9.17, 15) is 18.0 Å². The Hall–Kier alpha value is -2.64. The molecule has 2 rings (SSSR count). The number of aromatic nitrogens is 2. The number of rotatable bonds is 4. The number of halogens is 3. The summed E-state index contributed by atoms with van der Waals surface area (Å²) >= 11 is 0. The number of alkyl halides is 3. The van der Waals surface area contributed by atoms with Crippen molar-refractivity contribution >= 4 is 11.8 Å². The number of pyridine rings is 2. The van der Waals surface area contributed by atoms with Crippen molar-refractivity contribution in [1.29, 1.82) is 0 Å². The van der Waals surface area contributed by atoms with E-state index in [1.165, 1.54) is 30.6 Å². The lowest BCUT2D eigenvalue weighted by molar-refractivity contribution is -0.137. The fraction of sp³-hybridized carbons (Fsp3) is 0.154. The van der Waals surface area contributed by atoms with Crippen molar-refractivity contribution in [2.45, 2.75) is 12.7 Å². The molecule has 110 valence electrons. The standard InChI is InChI=1S/C13H10F3N3O2/c14-13(15,16)10-2-1-4-18-11(10)19-7-9-6-8(12(20)21)3-5-17-9/h1-6H,7H2,(H,18,19)(H,20,21). The van der Waals surface area contributed by atoms with E-state index < -0.39 is 17.7 Å². The molecule has 0 saturated carbocycles. The van der Waals surface area contributed by atoms with Gasteiger partial charge in [0.2, 0.25) is 0 Å². The first-order chi connectivity index (χ1) is 9.88. The van der Waals surface area contributed by atoms with Gasteiger partial charge in [-0.2, -0.15) is 13.2 Å². The smallest absolute Gasteiger partial charge is 0.419 e. The minimum Gasteiger partial charge on any atom is -0.478 e. The average Bonchev–Trinajstić information content (AvgIpc) is 2.45. The summed E-state index contributed by atoms with van der Waals surface area (Å²) < 4.78 is 38.3. The van der Waals surface area contributed by atoms with Gasteiger partial charge < -0.3 is 10.4 Å². The van der Waals surface area contributed by atoms with Gasteiger partial charge in [-0.3, -0.25) is 4.98 Å². The van der Waals surface area contributed by atoms with Crippen LogP contribution in [0.15, 0.2) is 36.7 Å². The first kappa shape index (κ1) is 14.8. The molecule has 0 radical (unpaired) electrons. The molecule has 0 aliphatic heterocycles. The molecular weight excluding hydrogens is 287 g/mol. The zero-order valence-electron chi connectivity index (χ0n) is 10.6. The third kappa shape index (κ3) is 3.68. The number of carboxylic acid groups (broad SMARTS) is 1. The summed E-state index contributed by atoms with van der Waals surface area (Å²) in [5, 5.41) is 11.4. The summed E-state index contributed by atoms with van der Waals surface area (Å²) in [6.07, 6.45) is -2.00. The number of hydrogen-bond acceptors (Lipinski definition) is 4. The van der Waals surface area contributed by atoms with Crippen LogP contribution in [0.4, 0.5) is 19.0 Å². The van der Waals surface area contributed by atoms with Crippen molar-refractivity contribution in [2.75, 3.05) is 5.32 Å². The Morgan fingerprint density at radius 3 is 2.67 bits per heavy atom. The Balaban J connectivity index is 2.17. The van der Waals surface area contributed by atoms with Crippen LogP contribution in [-0.4, -0.2) is 21.0 Å². The maximum Gasteiger partial charge on any atom is 0.419 e. The van der Waals surface area contributed by atoms with Gasteiger partial charge in [-0.15, -0.1) is 0 Å². The van der Waals surface area contributed by atoms with Crippen molar-refractivity contribution in [3.05, 3.63) is 53.5 Å². The topological polar surface area (TPSA) is 75.1 Å². The molecule has 0 fully saturated rings. The third-order valence-electron chi connectivity index (χ3n) is 2.61. The molecule has 0 saturated heterocycles. The molecule has 0 aliphatic rings. The Labute approximate surface area is 117 Å². The zero-order valence-corrected chi connectivity index (χ0v) is 10.6. The van der Waals surface area contributed by atoms with Crippen molar-refractivity contribution in [3.63, 3.8) is 0 Å². The number of anilines is 1. The Kier molecular flexibility index (Phi) is 4.06. The monoisotopic (exact) mass is 297 g/mol. The lowest BCUT2D eigenvalue weighted by Gasteiger charge is -2.12. The lowest BCUT2D eigenvalue weighted by atomic mass is 10.2. The second-order valence-electron chi connectivity index (χ2n) is 4.09. The van der Waals surface area contributed by atoms with Crippen LogP contribution in [0.2, 0.25) is 0 Å². The number of nitrogens with zero attached hydrogens (tertiary/aromatic N) is 2. The normalized spacial score (nSPS) is 11.2. The van der Waals surface area contributed by atoms with Gasteiger partial charge in [0.05, 0.1) is 23.4 Å². The summed E-state index contributed by atoms with van der Waals surface area (Å²) in [6.45, 7) is -0.0682. The maximum atomic E-state index is 12.8. The van der Waals surface area contributed by atoms with Gasteiger partial charge in [-0.1, -0.05) is 0 Å². The van der Waals surface area contributed by atoms with E-state index in [-0.39, 0.29) is 17.9 Å². The van der Waals surface area contributed by atoms with E-state index in [1.807, 2.05) is 0 Å². The summed E-state index contributed by atoms with van der Waals surface area (Å²) in [6, 6.07) is 4.69. The SMILES string of the molecule is O=C(O)c1ccnc(CNc2ncccc2C(F)(F)F)c1. The van der Waals surface area contributed by atoms with Crippen LogP contribution in [0.5, 0.6) is 0 Å². The number of carbonyl (C=O) groups is 1. The molecule has 0 unspecified atom stereocenters. The first-order valence-electron chi connectivity index (χ1n) is 5.82. The van der Waals surface area contributed by atoms with E-state index in [0.717, 1.165) is 6.07 Å². The average molecular weight is 297 g/mol. The van der Waals surface area contributed by atoms with Gasteiger partial charge in [0.1, 0.15) is 5.82 Å². The van der Waals surface area contributed by atoms with Crippen LogP contribution in [0, 0.1) is 0 Å². The molecule has 0 spiro atoms. The Bertz CT molecular complexity index is 659. The van der Waals surface area contributed by atoms with E-state index in [2.05, 4.69) is 15.3 Å². The molecule has 5 nitrogen and oxygen atoms in total. The fourth-order valence-corrected chi connectivity index (χ4v) is 1.66. The molecule has 21 heavy (non-hydrogen) atoms. The van der Waals surface area contributed by atoms with Gasteiger partial charge in [0, 0.05) is 12.4 Å². The molecule has 2 heterocycles. The summed E-state index contributed by atoms with van der Waals surface area (Å²) in [7, 11) is 0. The highest BCUT2D eigenvalue weighted by Crippen LogP contribution is 2.33. The first-order valence-corrected chi connectivity index (χ1v) is 5.82. The van der Waals surface area contributed by atoms with E-state index in [1.54, 1.807) is 0 Å². The second kappa shape index (κ2) is 5.78. The van der Waals surface area contributed by atoms with Crippen LogP contribution in [0.25, 0.3) is 0 Å². The highest BCUT2D eigenvalue weighted by Gasteiger charge is 2.33. The summed E-state index contributed by atoms with van der Waals surface area (Å²) in [5.74, 6) is -1.46. The summed E-state index contributed by atoms with van der Waals surface area (Å²) in [5.41, 5.74) is -0.577. The Morgan fingerprint density at radius 2 is 2.00 bits per heavy atom. The van der Waals surface area contributed by atoms with E-state index in [4.69, 9.17) is 5.11 Å². The molecule has 0 aliphatic carbocycles. The molecular formula is C13H10F3N3O2. The highest BCUT2D eigenvalue weighted by atomic mass is 19.4. The van der Waals surface area contributed by atoms with Crippen molar-refractivity contribution in [3.8, 4) is 0 Å². The zero-order chi connectivity index (χ0) is 15.5. The lowest BCUT2D eigenvalue weighted by Crippen LogP contribution is -2.12. The second-order valence-corrected chi connectivity index (χ2v) is 4.09. The predicted molar refractivity (Wildman–Crippen MR) is 67.8 cm³/mol. The fourth-order valence-electron chi connectivity index (χ4n) is 1.66. The highest BCUT2D eigenvalue weighted by molar-refractivity contribution is 5.87. The summed E-state index contributed by atoms with van der Waals surface area (Å²) in [4.78, 5) is 18.3. The predicted octanol–water partition coefficient (Wildman–Crippen LogP) is 2.81. The molecule has 0 aromatic carbocycles. The quantitative estimate of drug-likeness (QED) is 0.907. The van der Waals surface area contributed by atoms with Crippen molar-refractivity contribution < 1.29 is 23.1 Å². The van der Waals surface area contributed by atoms with Crippen molar-refractivity contribution in [2.24, 2.45) is 0 Å². The maximum absolute atomic E-state index is 12.8. The molecule has 2 N–H and O–H groups in total. The van der Waals surface area contributed by atoms with Crippen LogP contribution in [0.3, 0.4) is 0 Å². The molecule has 0 amide bonds. The number of aromatic carboxylic acids is 1. The largest absolute Gasteiger partial charge is 0.478 e. The van der Waals surface area contributed by atoms with E-state index >= 15 is 0 Å². The van der Waals surface area contributed by atoms with Gasteiger partial charge >= 0.3 is 12.1 Å². The van der Waals surface area contributed by atoms with Gasteiger partial charge in [0.25, 0.3) is 0 Å². The molecule has 0 bridgehead atoms. The Morgan fingerprint density at radius 1 is 1.24 bits per heavy atom. The van der Waals surface area contributed by atoms with Crippen LogP contribution < -0.4 is 5.32 Å². The molecule has 0 atom stereocenters. The molecule has 8 heteroatoms. The molecule has 2 aromatic heterocycles.